The average molecular weight is 734 g/mol. The molecule has 1 aliphatic carbocycles. The lowest BCUT2D eigenvalue weighted by molar-refractivity contribution is -0.757. The van der Waals surface area contributed by atoms with Crippen molar-refractivity contribution in [1.82, 2.24) is 5.32 Å². The Balaban J connectivity index is 2.15. The Bertz CT molecular complexity index is 1280. The van der Waals surface area contributed by atoms with Gasteiger partial charge in [0.25, 0.3) is 10.2 Å². The van der Waals surface area contributed by atoms with Crippen molar-refractivity contribution in [1.29, 1.82) is 0 Å². The highest BCUT2D eigenvalue weighted by molar-refractivity contribution is 5.75. The molecule has 290 valence electrons. The highest BCUT2D eigenvalue weighted by Crippen LogP contribution is 2.40. The van der Waals surface area contributed by atoms with Gasteiger partial charge < -0.3 is 29.6 Å². The first-order chi connectivity index (χ1) is 25.1. The number of allylic oxidation sites excluding steroid dienone is 2. The first-order valence-electron chi connectivity index (χ1n) is 18.3. The lowest BCUT2D eigenvalue weighted by Gasteiger charge is -2.24. The van der Waals surface area contributed by atoms with E-state index in [1.807, 2.05) is 55.5 Å². The Kier molecular flexibility index (Phi) is 22.0. The van der Waals surface area contributed by atoms with Crippen LogP contribution < -0.4 is 5.32 Å². The largest absolute Gasteiger partial charge is 0.462 e. The quantitative estimate of drug-likeness (QED) is 0.0345. The molecule has 15 heteroatoms. The van der Waals surface area contributed by atoms with E-state index < -0.39 is 40.4 Å². The van der Waals surface area contributed by atoms with E-state index in [1.165, 1.54) is 0 Å². The van der Waals surface area contributed by atoms with Crippen LogP contribution in [0, 0.1) is 32.1 Å². The van der Waals surface area contributed by atoms with E-state index in [0.29, 0.717) is 83.6 Å². The number of hydrogen-bond acceptors (Lipinski definition) is 12. The third-order valence-electron chi connectivity index (χ3n) is 8.73. The third kappa shape index (κ3) is 19.8. The van der Waals surface area contributed by atoms with Gasteiger partial charge in [0.05, 0.1) is 19.3 Å². The van der Waals surface area contributed by atoms with Crippen molar-refractivity contribution in [2.45, 2.75) is 122 Å². The molecule has 0 aliphatic heterocycles. The summed E-state index contributed by atoms with van der Waals surface area (Å²) in [5, 5.41) is 32.7. The highest BCUT2D eigenvalue weighted by atomic mass is 17.0. The number of carbonyl (C=O) groups is 3. The predicted molar refractivity (Wildman–Crippen MR) is 190 cm³/mol. The zero-order valence-electron chi connectivity index (χ0n) is 30.1. The average Bonchev–Trinajstić information content (AvgIpc) is 3.41. The van der Waals surface area contributed by atoms with Gasteiger partial charge in [0.2, 0.25) is 5.91 Å². The molecular weight excluding hydrogens is 678 g/mol. The van der Waals surface area contributed by atoms with Gasteiger partial charge in [0, 0.05) is 44.1 Å². The Morgan fingerprint density at radius 1 is 0.865 bits per heavy atom. The SMILES string of the molecule is CCNC(=O)CCCC=CC[C@H]1C(OC(=O)CCCCCO[N+](=O)[O-])C[C@@H](OC(=O)CCCCCO[N+](=O)[O-])[C@@H]1C=C[C@@H](O)CCc1ccccc1. The molecule has 5 atom stereocenters. The second-order valence-corrected chi connectivity index (χ2v) is 12.8. The van der Waals surface area contributed by atoms with Gasteiger partial charge in [0.1, 0.15) is 12.2 Å². The zero-order valence-corrected chi connectivity index (χ0v) is 30.1. The van der Waals surface area contributed by atoms with Crippen LogP contribution in [-0.4, -0.2) is 71.2 Å². The van der Waals surface area contributed by atoms with E-state index in [4.69, 9.17) is 9.47 Å². The lowest BCUT2D eigenvalue weighted by Crippen LogP contribution is -2.26. The van der Waals surface area contributed by atoms with Crippen molar-refractivity contribution >= 4 is 17.8 Å². The minimum Gasteiger partial charge on any atom is -0.462 e. The Labute approximate surface area is 305 Å². The zero-order chi connectivity index (χ0) is 38.0. The van der Waals surface area contributed by atoms with Crippen molar-refractivity contribution in [3.05, 3.63) is 80.4 Å². The molecule has 1 saturated carbocycles. The van der Waals surface area contributed by atoms with Gasteiger partial charge in [0.15, 0.2) is 0 Å². The molecule has 1 aliphatic rings. The summed E-state index contributed by atoms with van der Waals surface area (Å²) in [5.41, 5.74) is 1.10. The molecule has 0 heterocycles. The first-order valence-corrected chi connectivity index (χ1v) is 18.3. The molecule has 0 bridgehead atoms. The molecule has 0 saturated heterocycles. The van der Waals surface area contributed by atoms with E-state index >= 15 is 0 Å². The maximum Gasteiger partial charge on any atom is 0.306 e. The van der Waals surface area contributed by atoms with Gasteiger partial charge in [-0.25, -0.2) is 0 Å². The molecule has 1 aromatic rings. The van der Waals surface area contributed by atoms with E-state index in [2.05, 4.69) is 15.0 Å². The minimum atomic E-state index is -0.851. The Morgan fingerprint density at radius 2 is 1.48 bits per heavy atom. The number of amides is 1. The molecular formula is C37H55N3O12. The van der Waals surface area contributed by atoms with Crippen LogP contribution in [0.4, 0.5) is 0 Å². The van der Waals surface area contributed by atoms with Crippen LogP contribution in [0.3, 0.4) is 0 Å². The minimum absolute atomic E-state index is 0.00504. The van der Waals surface area contributed by atoms with E-state index in [0.717, 1.165) is 5.56 Å². The highest BCUT2D eigenvalue weighted by Gasteiger charge is 2.45. The topological polar surface area (TPSA) is 207 Å². The van der Waals surface area contributed by atoms with Crippen LogP contribution in [0.25, 0.3) is 0 Å². The van der Waals surface area contributed by atoms with Crippen LogP contribution >= 0.6 is 0 Å². The molecule has 52 heavy (non-hydrogen) atoms. The van der Waals surface area contributed by atoms with Gasteiger partial charge in [-0.05, 0) is 70.3 Å². The standard InChI is InChI=1S/C37H55N3O12/c1-2-38-35(42)19-11-4-3-10-18-31-32(25-24-30(41)23-22-29-16-8-5-9-17-29)34(52-37(44)21-13-7-15-27-50-40(47)48)28-33(31)51-36(43)20-12-6-14-26-49-39(45)46/h3,5,8-10,16-17,24-25,30-34,41H,2,4,6-7,11-15,18-23,26-28H2,1H3,(H,38,42)/t30-,31+,32+,33?,34+/m0/s1. The maximum absolute atomic E-state index is 13.0. The summed E-state index contributed by atoms with van der Waals surface area (Å²) in [7, 11) is 0. The van der Waals surface area contributed by atoms with Gasteiger partial charge in [-0.2, -0.15) is 0 Å². The van der Waals surface area contributed by atoms with E-state index in [-0.39, 0.29) is 50.2 Å². The third-order valence-corrected chi connectivity index (χ3v) is 8.73. The fourth-order valence-electron chi connectivity index (χ4n) is 6.10. The molecule has 1 fully saturated rings. The molecule has 1 amide bonds. The molecule has 1 aromatic carbocycles. The van der Waals surface area contributed by atoms with Gasteiger partial charge in [-0.15, -0.1) is 20.2 Å². The monoisotopic (exact) mass is 733 g/mol. The first kappa shape index (κ1) is 43.6. The fourth-order valence-corrected chi connectivity index (χ4v) is 6.10. The van der Waals surface area contributed by atoms with Crippen LogP contribution in [-0.2, 0) is 40.0 Å². The molecule has 0 spiro atoms. The summed E-state index contributed by atoms with van der Waals surface area (Å²) in [4.78, 5) is 67.1. The van der Waals surface area contributed by atoms with Crippen molar-refractivity contribution in [2.75, 3.05) is 19.8 Å². The van der Waals surface area contributed by atoms with E-state index in [1.54, 1.807) is 6.08 Å². The summed E-state index contributed by atoms with van der Waals surface area (Å²) in [6.45, 7) is 2.35. The number of nitrogens with zero attached hydrogens (tertiary/aromatic N) is 2. The number of benzene rings is 1. The maximum atomic E-state index is 13.0. The molecule has 2 rings (SSSR count). The molecule has 1 unspecified atom stereocenters. The molecule has 15 nitrogen and oxygen atoms in total. The number of unbranched alkanes of at least 4 members (excludes halogenated alkanes) is 5. The molecule has 2 N–H and O–H groups in total. The summed E-state index contributed by atoms with van der Waals surface area (Å²) < 4.78 is 12.0. The number of ether oxygens (including phenoxy) is 2. The van der Waals surface area contributed by atoms with Crippen LogP contribution in [0.2, 0.25) is 0 Å². The second-order valence-electron chi connectivity index (χ2n) is 12.8. The normalized spacial score (nSPS) is 19.0. The number of aryl methyl sites for hydroxylation is 1. The number of rotatable bonds is 28. The summed E-state index contributed by atoms with van der Waals surface area (Å²) in [6.07, 6.45) is 12.3. The summed E-state index contributed by atoms with van der Waals surface area (Å²) in [6, 6.07) is 9.81. The van der Waals surface area contributed by atoms with Crippen molar-refractivity contribution < 1.29 is 48.8 Å². The van der Waals surface area contributed by atoms with Crippen LogP contribution in [0.1, 0.15) is 102 Å². The van der Waals surface area contributed by atoms with Crippen LogP contribution in [0.15, 0.2) is 54.6 Å². The fraction of sp³-hybridized carbons (Fsp3) is 0.649. The van der Waals surface area contributed by atoms with Gasteiger partial charge in [-0.3, -0.25) is 14.4 Å². The number of hydrogen-bond donors (Lipinski definition) is 2. The number of aliphatic hydroxyl groups excluding tert-OH is 1. The van der Waals surface area contributed by atoms with Crippen molar-refractivity contribution in [3.63, 3.8) is 0 Å². The number of nitrogens with one attached hydrogen (secondary N) is 1. The molecule has 0 radical (unpaired) electrons. The Hall–Kier alpha value is -4.53. The predicted octanol–water partition coefficient (Wildman–Crippen LogP) is 5.79. The molecule has 0 aromatic heterocycles. The van der Waals surface area contributed by atoms with Crippen molar-refractivity contribution in [3.8, 4) is 0 Å². The van der Waals surface area contributed by atoms with Crippen LogP contribution in [0.5, 0.6) is 0 Å². The van der Waals surface area contributed by atoms with Gasteiger partial charge in [-0.1, -0.05) is 67.5 Å². The van der Waals surface area contributed by atoms with Gasteiger partial charge >= 0.3 is 11.9 Å². The number of carbonyl (C=O) groups excluding carboxylic acids is 3. The number of esters is 2. The summed E-state index contributed by atoms with van der Waals surface area (Å²) in [5.74, 6) is -1.51. The van der Waals surface area contributed by atoms with Crippen molar-refractivity contribution in [2.24, 2.45) is 11.8 Å². The Morgan fingerprint density at radius 3 is 2.08 bits per heavy atom. The lowest BCUT2D eigenvalue weighted by atomic mass is 9.89. The summed E-state index contributed by atoms with van der Waals surface area (Å²) >= 11 is 0. The number of aliphatic hydroxyl groups is 1. The smallest absolute Gasteiger partial charge is 0.306 e. The second kappa shape index (κ2) is 26.3. The van der Waals surface area contributed by atoms with E-state index in [9.17, 15) is 39.7 Å².